The Balaban J connectivity index is 1.06. The third kappa shape index (κ3) is 6.96. The van der Waals surface area contributed by atoms with Gasteiger partial charge in [-0.25, -0.2) is 19.9 Å². The van der Waals surface area contributed by atoms with Crippen LogP contribution in [0.4, 0.5) is 17.3 Å². The molecule has 46 heavy (non-hydrogen) atoms. The van der Waals surface area contributed by atoms with Crippen LogP contribution in [0.2, 0.25) is 0 Å². The van der Waals surface area contributed by atoms with Crippen molar-refractivity contribution < 1.29 is 9.90 Å². The monoisotopic (exact) mass is 617 g/mol. The number of rotatable bonds is 6. The fourth-order valence-electron chi connectivity index (χ4n) is 6.03. The van der Waals surface area contributed by atoms with Crippen molar-refractivity contribution in [3.05, 3.63) is 78.4 Å². The van der Waals surface area contributed by atoms with E-state index in [0.717, 1.165) is 63.4 Å². The number of amides is 1. The Bertz CT molecular complexity index is 1790. The molecule has 1 aromatic carbocycles. The molecule has 2 fully saturated rings. The van der Waals surface area contributed by atoms with Gasteiger partial charge < -0.3 is 31.7 Å². The van der Waals surface area contributed by atoms with Crippen LogP contribution in [0.5, 0.6) is 5.75 Å². The van der Waals surface area contributed by atoms with Crippen LogP contribution in [0, 0.1) is 17.3 Å². The van der Waals surface area contributed by atoms with Crippen molar-refractivity contribution in [2.45, 2.75) is 25.7 Å². The predicted molar refractivity (Wildman–Crippen MR) is 175 cm³/mol. The van der Waals surface area contributed by atoms with Crippen LogP contribution in [0.25, 0.3) is 17.3 Å². The summed E-state index contributed by atoms with van der Waals surface area (Å²) >= 11 is 0. The Morgan fingerprint density at radius 1 is 1.00 bits per heavy atom. The number of hydrogen-bond donors (Lipinski definition) is 4. The summed E-state index contributed by atoms with van der Waals surface area (Å²) < 4.78 is 0. The van der Waals surface area contributed by atoms with Gasteiger partial charge in [-0.2, -0.15) is 0 Å². The minimum atomic E-state index is -0.458. The number of nitrogen functional groups attached to an aromatic ring is 1. The highest BCUT2D eigenvalue weighted by atomic mass is 16.3. The number of para-hydroxylation sites is 1. The van der Waals surface area contributed by atoms with Gasteiger partial charge in [0.25, 0.3) is 5.91 Å². The highest BCUT2D eigenvalue weighted by Gasteiger charge is 2.39. The topological polar surface area (TPSA) is 185 Å². The van der Waals surface area contributed by atoms with E-state index >= 15 is 0 Å². The number of carbonyl (C=O) groups is 1. The summed E-state index contributed by atoms with van der Waals surface area (Å²) in [6, 6.07) is 12.6. The SMILES string of the molecule is N/C(=C\c1ncccn1)C(=O)NCC#Cc1nccc(N2CCCC3(CCN(c4cc(-c5ccccc5O)nnc4N)CC3)C2)n1. The normalized spacial score (nSPS) is 16.0. The Morgan fingerprint density at radius 3 is 2.61 bits per heavy atom. The Labute approximate surface area is 266 Å². The van der Waals surface area contributed by atoms with Gasteiger partial charge in [-0.3, -0.25) is 4.79 Å². The average Bonchev–Trinajstić information content (AvgIpc) is 3.08. The van der Waals surface area contributed by atoms with E-state index in [-0.39, 0.29) is 23.4 Å². The van der Waals surface area contributed by atoms with E-state index in [1.807, 2.05) is 24.3 Å². The number of piperidine rings is 2. The van der Waals surface area contributed by atoms with Crippen LogP contribution in [-0.2, 0) is 4.79 Å². The third-order valence-corrected chi connectivity index (χ3v) is 8.44. The number of anilines is 3. The van der Waals surface area contributed by atoms with Gasteiger partial charge in [0.1, 0.15) is 17.3 Å². The maximum absolute atomic E-state index is 12.3. The summed E-state index contributed by atoms with van der Waals surface area (Å²) in [6.07, 6.45) is 10.5. The van der Waals surface area contributed by atoms with E-state index < -0.39 is 5.91 Å². The molecular weight excluding hydrogens is 582 g/mol. The van der Waals surface area contributed by atoms with Crippen LogP contribution in [0.1, 0.15) is 37.3 Å². The molecule has 2 saturated heterocycles. The van der Waals surface area contributed by atoms with Crippen LogP contribution < -0.4 is 26.6 Å². The molecule has 13 heteroatoms. The molecule has 0 radical (unpaired) electrons. The molecule has 6 N–H and O–H groups in total. The zero-order valence-electron chi connectivity index (χ0n) is 25.3. The van der Waals surface area contributed by atoms with Crippen molar-refractivity contribution in [2.24, 2.45) is 11.1 Å². The molecule has 0 saturated carbocycles. The Hall–Kier alpha value is -5.77. The number of nitrogens with zero attached hydrogens (tertiary/aromatic N) is 8. The second kappa shape index (κ2) is 13.5. The number of nitrogens with two attached hydrogens (primary N) is 2. The zero-order valence-corrected chi connectivity index (χ0v) is 25.3. The smallest absolute Gasteiger partial charge is 0.268 e. The molecular formula is C33H35N11O2. The molecule has 2 aliphatic rings. The predicted octanol–water partition coefficient (Wildman–Crippen LogP) is 2.37. The maximum Gasteiger partial charge on any atom is 0.268 e. The van der Waals surface area contributed by atoms with Crippen molar-refractivity contribution in [3.63, 3.8) is 0 Å². The van der Waals surface area contributed by atoms with Gasteiger partial charge in [0.05, 0.1) is 17.9 Å². The third-order valence-electron chi connectivity index (χ3n) is 8.44. The standard InChI is InChI=1S/C33H35N11O2/c34-24(20-29-36-14-5-15-37-29)32(46)39-13-3-8-28-38-16-9-30(40-28)44-17-4-10-33(22-44)11-18-43(19-12-33)26-21-25(41-42-31(26)35)23-6-1-2-7-27(23)45/h1-2,5-7,9,14-16,20-21,45H,4,10-13,17-19,22,34H2,(H2,35,42)(H,39,46)/b24-20-. The number of aromatic hydroxyl groups is 1. The first-order valence-electron chi connectivity index (χ1n) is 15.1. The first-order chi connectivity index (χ1) is 22.4. The lowest BCUT2D eigenvalue weighted by molar-refractivity contribution is -0.117. The summed E-state index contributed by atoms with van der Waals surface area (Å²) in [5.41, 5.74) is 14.3. The number of phenolic OH excluding ortho intramolecular Hbond substituents is 1. The molecule has 1 spiro atoms. The molecule has 13 nitrogen and oxygen atoms in total. The molecule has 0 bridgehead atoms. The molecule has 234 valence electrons. The minimum absolute atomic E-state index is 0.00533. The number of nitrogens with one attached hydrogen (secondary N) is 1. The van der Waals surface area contributed by atoms with Crippen LogP contribution in [-0.4, -0.2) is 73.9 Å². The number of phenols is 1. The van der Waals surface area contributed by atoms with Crippen molar-refractivity contribution in [1.29, 1.82) is 0 Å². The van der Waals surface area contributed by atoms with Crippen LogP contribution in [0.15, 0.2) is 66.8 Å². The van der Waals surface area contributed by atoms with Crippen molar-refractivity contribution >= 4 is 29.3 Å². The number of carbonyl (C=O) groups excluding carboxylic acids is 1. The lowest BCUT2D eigenvalue weighted by atomic mass is 9.72. The van der Waals surface area contributed by atoms with Crippen molar-refractivity contribution in [3.8, 4) is 28.8 Å². The molecule has 3 aromatic heterocycles. The van der Waals surface area contributed by atoms with Gasteiger partial charge in [0.2, 0.25) is 5.82 Å². The molecule has 1 amide bonds. The summed E-state index contributed by atoms with van der Waals surface area (Å²) in [5, 5.41) is 21.4. The van der Waals surface area contributed by atoms with E-state index in [2.05, 4.69) is 52.1 Å². The Morgan fingerprint density at radius 2 is 1.80 bits per heavy atom. The second-order valence-corrected chi connectivity index (χ2v) is 11.5. The fraction of sp³-hybridized carbons (Fsp3) is 0.303. The lowest BCUT2D eigenvalue weighted by Gasteiger charge is -2.48. The van der Waals surface area contributed by atoms with Crippen molar-refractivity contribution in [1.82, 2.24) is 35.5 Å². The van der Waals surface area contributed by atoms with E-state index in [9.17, 15) is 9.90 Å². The second-order valence-electron chi connectivity index (χ2n) is 11.5. The number of benzene rings is 1. The van der Waals surface area contributed by atoms with Crippen molar-refractivity contribution in [2.75, 3.05) is 48.3 Å². The first-order valence-corrected chi connectivity index (χ1v) is 15.1. The largest absolute Gasteiger partial charge is 0.507 e. The van der Waals surface area contributed by atoms with E-state index in [4.69, 9.17) is 16.5 Å². The quantitative estimate of drug-likeness (QED) is 0.183. The van der Waals surface area contributed by atoms with Gasteiger partial charge >= 0.3 is 0 Å². The summed E-state index contributed by atoms with van der Waals surface area (Å²) in [7, 11) is 0. The summed E-state index contributed by atoms with van der Waals surface area (Å²) in [4.78, 5) is 34.0. The molecule has 0 atom stereocenters. The molecule has 0 unspecified atom stereocenters. The first kappa shape index (κ1) is 30.3. The molecule has 0 aliphatic carbocycles. The van der Waals surface area contributed by atoms with Gasteiger partial charge in [0, 0.05) is 56.4 Å². The van der Waals surface area contributed by atoms with E-state index in [1.165, 1.54) is 6.08 Å². The lowest BCUT2D eigenvalue weighted by Crippen LogP contribution is -2.50. The maximum atomic E-state index is 12.3. The van der Waals surface area contributed by atoms with Crippen LogP contribution in [0.3, 0.4) is 0 Å². The highest BCUT2D eigenvalue weighted by Crippen LogP contribution is 2.42. The summed E-state index contributed by atoms with van der Waals surface area (Å²) in [6.45, 7) is 3.58. The number of aromatic nitrogens is 6. The van der Waals surface area contributed by atoms with Gasteiger partial charge in [-0.05, 0) is 67.4 Å². The molecule has 2 aliphatic heterocycles. The molecule has 6 rings (SSSR count). The minimum Gasteiger partial charge on any atom is -0.507 e. The van der Waals surface area contributed by atoms with Crippen LogP contribution >= 0.6 is 0 Å². The number of hydrogen-bond acceptors (Lipinski definition) is 12. The average molecular weight is 618 g/mol. The summed E-state index contributed by atoms with van der Waals surface area (Å²) in [5.74, 6) is 7.52. The van der Waals surface area contributed by atoms with E-state index in [1.54, 1.807) is 36.8 Å². The van der Waals surface area contributed by atoms with E-state index in [0.29, 0.717) is 28.7 Å². The highest BCUT2D eigenvalue weighted by molar-refractivity contribution is 5.96. The van der Waals surface area contributed by atoms with Gasteiger partial charge in [-0.1, -0.05) is 18.1 Å². The van der Waals surface area contributed by atoms with Gasteiger partial charge in [0.15, 0.2) is 11.6 Å². The van der Waals surface area contributed by atoms with Gasteiger partial charge in [-0.15, -0.1) is 10.2 Å². The fourth-order valence-corrected chi connectivity index (χ4v) is 6.03. The molecule has 5 heterocycles. The molecule has 4 aromatic rings. The Kier molecular flexibility index (Phi) is 8.87. The zero-order chi connectivity index (χ0) is 31.9.